The number of pyridine rings is 1. The molecule has 7 heteroatoms. The number of para-hydroxylation sites is 2. The highest BCUT2D eigenvalue weighted by Crippen LogP contribution is 2.32. The lowest BCUT2D eigenvalue weighted by molar-refractivity contribution is 0.475. The van der Waals surface area contributed by atoms with E-state index < -0.39 is 15.8 Å². The molecule has 128 valence electrons. The van der Waals surface area contributed by atoms with Gasteiger partial charge in [0.2, 0.25) is 0 Å². The Labute approximate surface area is 145 Å². The van der Waals surface area contributed by atoms with Crippen molar-refractivity contribution in [3.63, 3.8) is 0 Å². The Hall–Kier alpha value is -2.93. The number of sulfonamides is 1. The summed E-state index contributed by atoms with van der Waals surface area (Å²) in [4.78, 5) is 4.07. The van der Waals surface area contributed by atoms with Gasteiger partial charge in [-0.2, -0.15) is 0 Å². The van der Waals surface area contributed by atoms with Gasteiger partial charge in [0, 0.05) is 6.20 Å². The number of halogens is 1. The molecule has 0 radical (unpaired) electrons. The van der Waals surface area contributed by atoms with E-state index in [1.165, 1.54) is 24.3 Å². The highest BCUT2D eigenvalue weighted by molar-refractivity contribution is 7.92. The number of hydrogen-bond acceptors (Lipinski definition) is 4. The van der Waals surface area contributed by atoms with E-state index in [1.54, 1.807) is 36.5 Å². The lowest BCUT2D eigenvalue weighted by Gasteiger charge is -2.25. The zero-order chi connectivity index (χ0) is 17.9. The monoisotopic (exact) mass is 358 g/mol. The van der Waals surface area contributed by atoms with Crippen molar-refractivity contribution in [2.45, 2.75) is 11.4 Å². The minimum absolute atomic E-state index is 0.0713. The van der Waals surface area contributed by atoms with Gasteiger partial charge in [-0.05, 0) is 48.5 Å². The van der Waals surface area contributed by atoms with Crippen molar-refractivity contribution >= 4 is 15.7 Å². The smallest absolute Gasteiger partial charge is 0.264 e. The SMILES string of the molecule is O=S(=O)(c1ccc(F)cc1)N(Cc1ccccn1)c1ccccc1O. The van der Waals surface area contributed by atoms with Crippen molar-refractivity contribution in [1.29, 1.82) is 0 Å². The summed E-state index contributed by atoms with van der Waals surface area (Å²) in [5.74, 6) is -0.707. The quantitative estimate of drug-likeness (QED) is 0.759. The Balaban J connectivity index is 2.10. The molecule has 0 aliphatic carbocycles. The van der Waals surface area contributed by atoms with Gasteiger partial charge in [0.05, 0.1) is 22.8 Å². The molecule has 1 N–H and O–H groups in total. The fourth-order valence-electron chi connectivity index (χ4n) is 2.35. The molecule has 1 aromatic heterocycles. The summed E-state index contributed by atoms with van der Waals surface area (Å²) in [7, 11) is -4.02. The van der Waals surface area contributed by atoms with E-state index in [2.05, 4.69) is 4.98 Å². The summed E-state index contributed by atoms with van der Waals surface area (Å²) < 4.78 is 40.3. The van der Waals surface area contributed by atoms with E-state index in [1.807, 2.05) is 0 Å². The van der Waals surface area contributed by atoms with Gasteiger partial charge in [-0.15, -0.1) is 0 Å². The number of anilines is 1. The summed E-state index contributed by atoms with van der Waals surface area (Å²) in [6.07, 6.45) is 1.56. The van der Waals surface area contributed by atoms with Crippen molar-refractivity contribution in [2.75, 3.05) is 4.31 Å². The molecule has 1 heterocycles. The summed E-state index contributed by atoms with van der Waals surface area (Å²) in [5, 5.41) is 10.1. The van der Waals surface area contributed by atoms with Crippen LogP contribution in [0.2, 0.25) is 0 Å². The molecule has 0 spiro atoms. The molecule has 0 atom stereocenters. The third-order valence-electron chi connectivity index (χ3n) is 3.58. The zero-order valence-electron chi connectivity index (χ0n) is 13.1. The first-order valence-corrected chi connectivity index (χ1v) is 8.89. The number of nitrogens with zero attached hydrogens (tertiary/aromatic N) is 2. The molecule has 3 aromatic rings. The maximum absolute atomic E-state index is 13.2. The molecule has 0 aliphatic rings. The largest absolute Gasteiger partial charge is 0.506 e. The van der Waals surface area contributed by atoms with Crippen molar-refractivity contribution in [1.82, 2.24) is 4.98 Å². The van der Waals surface area contributed by atoms with Crippen molar-refractivity contribution in [3.8, 4) is 5.75 Å². The van der Waals surface area contributed by atoms with Crippen LogP contribution in [0.25, 0.3) is 0 Å². The first kappa shape index (κ1) is 16.9. The molecule has 0 bridgehead atoms. The summed E-state index contributed by atoms with van der Waals surface area (Å²) in [6, 6.07) is 15.8. The number of benzene rings is 2. The molecule has 0 amide bonds. The number of phenolic OH excluding ortho intramolecular Hbond substituents is 1. The predicted octanol–water partition coefficient (Wildman–Crippen LogP) is 3.32. The van der Waals surface area contributed by atoms with E-state index in [4.69, 9.17) is 0 Å². The fourth-order valence-corrected chi connectivity index (χ4v) is 3.80. The van der Waals surface area contributed by atoms with Gasteiger partial charge in [-0.25, -0.2) is 12.8 Å². The standard InChI is InChI=1S/C18H15FN2O3S/c19-14-8-10-16(11-9-14)25(23,24)21(13-15-5-3-4-12-20-15)17-6-1-2-7-18(17)22/h1-12,22H,13H2. The van der Waals surface area contributed by atoms with Crippen LogP contribution in [0.5, 0.6) is 5.75 Å². The molecule has 0 unspecified atom stereocenters. The van der Waals surface area contributed by atoms with E-state index in [0.717, 1.165) is 16.4 Å². The molecule has 0 saturated carbocycles. The second-order valence-electron chi connectivity index (χ2n) is 5.28. The van der Waals surface area contributed by atoms with Crippen LogP contribution in [-0.4, -0.2) is 18.5 Å². The minimum atomic E-state index is -4.02. The lowest BCUT2D eigenvalue weighted by Crippen LogP contribution is -2.31. The maximum Gasteiger partial charge on any atom is 0.264 e. The van der Waals surface area contributed by atoms with Gasteiger partial charge >= 0.3 is 0 Å². The summed E-state index contributed by atoms with van der Waals surface area (Å²) >= 11 is 0. The van der Waals surface area contributed by atoms with Crippen LogP contribution < -0.4 is 4.31 Å². The Bertz CT molecular complexity index is 961. The number of aromatic hydroxyl groups is 1. The number of rotatable bonds is 5. The number of phenols is 1. The normalized spacial score (nSPS) is 11.2. The third kappa shape index (κ3) is 3.61. The van der Waals surface area contributed by atoms with Gasteiger partial charge in [-0.1, -0.05) is 18.2 Å². The Morgan fingerprint density at radius 1 is 0.960 bits per heavy atom. The van der Waals surface area contributed by atoms with Crippen LogP contribution in [0.15, 0.2) is 77.8 Å². The first-order chi connectivity index (χ1) is 12.0. The predicted molar refractivity (Wildman–Crippen MR) is 92.1 cm³/mol. The van der Waals surface area contributed by atoms with Crippen LogP contribution in [-0.2, 0) is 16.6 Å². The van der Waals surface area contributed by atoms with Crippen LogP contribution in [0.4, 0.5) is 10.1 Å². The average molecular weight is 358 g/mol. The Kier molecular flexibility index (Phi) is 4.67. The average Bonchev–Trinajstić information content (AvgIpc) is 2.62. The Morgan fingerprint density at radius 3 is 2.28 bits per heavy atom. The molecular weight excluding hydrogens is 343 g/mol. The van der Waals surface area contributed by atoms with Crippen molar-refractivity contribution < 1.29 is 17.9 Å². The highest BCUT2D eigenvalue weighted by atomic mass is 32.2. The van der Waals surface area contributed by atoms with Gasteiger partial charge < -0.3 is 5.11 Å². The lowest BCUT2D eigenvalue weighted by atomic mass is 10.3. The van der Waals surface area contributed by atoms with Crippen LogP contribution in [0, 0.1) is 5.82 Å². The highest BCUT2D eigenvalue weighted by Gasteiger charge is 2.27. The summed E-state index contributed by atoms with van der Waals surface area (Å²) in [5.41, 5.74) is 0.633. The number of aromatic nitrogens is 1. The van der Waals surface area contributed by atoms with Crippen LogP contribution >= 0.6 is 0 Å². The Morgan fingerprint density at radius 2 is 1.64 bits per heavy atom. The fraction of sp³-hybridized carbons (Fsp3) is 0.0556. The minimum Gasteiger partial charge on any atom is -0.506 e. The molecule has 0 fully saturated rings. The zero-order valence-corrected chi connectivity index (χ0v) is 13.9. The van der Waals surface area contributed by atoms with Gasteiger partial charge in [0.25, 0.3) is 10.0 Å². The van der Waals surface area contributed by atoms with Gasteiger partial charge in [-0.3, -0.25) is 9.29 Å². The molecule has 2 aromatic carbocycles. The van der Waals surface area contributed by atoms with Gasteiger partial charge in [0.15, 0.2) is 0 Å². The third-order valence-corrected chi connectivity index (χ3v) is 5.36. The topological polar surface area (TPSA) is 70.5 Å². The molecule has 0 aliphatic heterocycles. The number of hydrogen-bond donors (Lipinski definition) is 1. The molecule has 0 saturated heterocycles. The van der Waals surface area contributed by atoms with E-state index in [-0.39, 0.29) is 22.9 Å². The maximum atomic E-state index is 13.2. The molecular formula is C18H15FN2O3S. The van der Waals surface area contributed by atoms with E-state index in [9.17, 15) is 17.9 Å². The van der Waals surface area contributed by atoms with Gasteiger partial charge in [0.1, 0.15) is 11.6 Å². The van der Waals surface area contributed by atoms with Crippen molar-refractivity contribution in [2.24, 2.45) is 0 Å². The second kappa shape index (κ2) is 6.90. The summed E-state index contributed by atoms with van der Waals surface area (Å²) in [6.45, 7) is -0.0713. The van der Waals surface area contributed by atoms with E-state index in [0.29, 0.717) is 5.69 Å². The molecule has 25 heavy (non-hydrogen) atoms. The first-order valence-electron chi connectivity index (χ1n) is 7.45. The molecule has 3 rings (SSSR count). The second-order valence-corrected chi connectivity index (χ2v) is 7.14. The van der Waals surface area contributed by atoms with Crippen LogP contribution in [0.1, 0.15) is 5.69 Å². The van der Waals surface area contributed by atoms with E-state index >= 15 is 0 Å². The van der Waals surface area contributed by atoms with Crippen LogP contribution in [0.3, 0.4) is 0 Å². The van der Waals surface area contributed by atoms with Crippen molar-refractivity contribution in [3.05, 3.63) is 84.4 Å². The molecule has 5 nitrogen and oxygen atoms in total.